The van der Waals surface area contributed by atoms with E-state index in [0.29, 0.717) is 5.56 Å². The summed E-state index contributed by atoms with van der Waals surface area (Å²) in [6, 6.07) is 23.0. The number of ether oxygens (including phenoxy) is 1. The number of anilines is 3. The van der Waals surface area contributed by atoms with E-state index in [9.17, 15) is 9.59 Å². The van der Waals surface area contributed by atoms with Gasteiger partial charge in [-0.05, 0) is 80.1 Å². The summed E-state index contributed by atoms with van der Waals surface area (Å²) in [5.74, 6) is 0.758. The highest BCUT2D eigenvalue weighted by Crippen LogP contribution is 2.28. The monoisotopic (exact) mass is 457 g/mol. The number of fused-ring (bicyclic) bond motifs is 1. The molecule has 0 atom stereocenters. The van der Waals surface area contributed by atoms with Crippen molar-refractivity contribution < 1.29 is 14.3 Å². The minimum Gasteiger partial charge on any atom is -0.497 e. The Morgan fingerprint density at radius 3 is 2.41 bits per heavy atom. The Kier molecular flexibility index (Phi) is 8.86. The highest BCUT2D eigenvalue weighted by Gasteiger charge is 2.23. The van der Waals surface area contributed by atoms with Crippen LogP contribution in [-0.4, -0.2) is 25.5 Å². The lowest BCUT2D eigenvalue weighted by Crippen LogP contribution is -2.35. The number of aryl methyl sites for hydroxylation is 1. The molecule has 2 amide bonds. The van der Waals surface area contributed by atoms with Gasteiger partial charge in [0, 0.05) is 36.1 Å². The average Bonchev–Trinajstić information content (AvgIpc) is 2.87. The van der Waals surface area contributed by atoms with Crippen LogP contribution in [0.4, 0.5) is 17.1 Å². The van der Waals surface area contributed by atoms with Crippen molar-refractivity contribution in [3.05, 3.63) is 96.2 Å². The first-order chi connectivity index (χ1) is 16.5. The maximum atomic E-state index is 12.6. The number of methoxy groups -OCH3 is 1. The fourth-order valence-electron chi connectivity index (χ4n) is 3.70. The Morgan fingerprint density at radius 1 is 0.971 bits per heavy atom. The van der Waals surface area contributed by atoms with Crippen molar-refractivity contribution >= 4 is 28.9 Å². The smallest absolute Gasteiger partial charge is 0.258 e. The van der Waals surface area contributed by atoms with Crippen molar-refractivity contribution in [1.82, 2.24) is 0 Å². The van der Waals surface area contributed by atoms with Gasteiger partial charge in [-0.25, -0.2) is 0 Å². The number of carbonyl (C=O) groups is 2. The molecule has 6 nitrogen and oxygen atoms in total. The lowest BCUT2D eigenvalue weighted by molar-refractivity contribution is -0.114. The van der Waals surface area contributed by atoms with Crippen LogP contribution in [0.5, 0.6) is 5.75 Å². The van der Waals surface area contributed by atoms with Gasteiger partial charge < -0.3 is 20.3 Å². The summed E-state index contributed by atoms with van der Waals surface area (Å²) in [6.07, 6.45) is 5.80. The van der Waals surface area contributed by atoms with Crippen LogP contribution in [-0.2, 0) is 11.2 Å². The summed E-state index contributed by atoms with van der Waals surface area (Å²) < 4.78 is 5.13. The van der Waals surface area contributed by atoms with E-state index in [4.69, 9.17) is 4.74 Å². The van der Waals surface area contributed by atoms with Crippen LogP contribution in [0.25, 0.3) is 0 Å². The van der Waals surface area contributed by atoms with Crippen molar-refractivity contribution in [2.75, 3.05) is 29.2 Å². The van der Waals surface area contributed by atoms with Crippen LogP contribution in [0, 0.1) is 0 Å². The molecule has 34 heavy (non-hydrogen) atoms. The SMILES string of the molecule is C/C=C\Nc1cccc(NC(C)=O)c1.COc1ccc(C(=O)N2CCCc3ccccc32)cc1. The van der Waals surface area contributed by atoms with E-state index < -0.39 is 0 Å². The summed E-state index contributed by atoms with van der Waals surface area (Å²) in [4.78, 5) is 25.3. The van der Waals surface area contributed by atoms with Gasteiger partial charge in [-0.15, -0.1) is 0 Å². The lowest BCUT2D eigenvalue weighted by Gasteiger charge is -2.29. The zero-order valence-electron chi connectivity index (χ0n) is 19.9. The van der Waals surface area contributed by atoms with E-state index in [1.165, 1.54) is 12.5 Å². The minimum absolute atomic E-state index is 0.0554. The van der Waals surface area contributed by atoms with E-state index in [2.05, 4.69) is 16.7 Å². The molecule has 0 radical (unpaired) electrons. The molecular weight excluding hydrogens is 426 g/mol. The molecule has 176 valence electrons. The quantitative estimate of drug-likeness (QED) is 0.502. The standard InChI is InChI=1S/C17H17NO2.C11H14N2O/c1-20-15-10-8-14(9-11-15)17(19)18-12-4-6-13-5-2-3-7-16(13)18;1-3-7-12-10-5-4-6-11(8-10)13-9(2)14/h2-3,5,7-11H,4,6,12H2,1H3;3-8,12H,1-2H3,(H,13,14)/b;7-3-. The van der Waals surface area contributed by atoms with Crippen LogP contribution >= 0.6 is 0 Å². The molecule has 3 aromatic carbocycles. The van der Waals surface area contributed by atoms with Crippen molar-refractivity contribution in [3.63, 3.8) is 0 Å². The largest absolute Gasteiger partial charge is 0.497 e. The number of hydrogen-bond donors (Lipinski definition) is 2. The van der Waals surface area contributed by atoms with Crippen LogP contribution in [0.15, 0.2) is 85.1 Å². The molecular formula is C28H31N3O3. The van der Waals surface area contributed by atoms with Gasteiger partial charge in [0.15, 0.2) is 0 Å². The van der Waals surface area contributed by atoms with Gasteiger partial charge in [0.25, 0.3) is 5.91 Å². The molecule has 1 aliphatic heterocycles. The molecule has 0 spiro atoms. The Balaban J connectivity index is 0.000000204. The predicted octanol–water partition coefficient (Wildman–Crippen LogP) is 5.88. The molecule has 6 heteroatoms. The van der Waals surface area contributed by atoms with Gasteiger partial charge in [0.05, 0.1) is 7.11 Å². The van der Waals surface area contributed by atoms with E-state index in [0.717, 1.165) is 42.2 Å². The van der Waals surface area contributed by atoms with E-state index in [1.807, 2.05) is 90.8 Å². The zero-order valence-corrected chi connectivity index (χ0v) is 19.9. The maximum Gasteiger partial charge on any atom is 0.258 e. The van der Waals surface area contributed by atoms with E-state index in [1.54, 1.807) is 7.11 Å². The number of benzene rings is 3. The lowest BCUT2D eigenvalue weighted by atomic mass is 10.0. The second-order valence-corrected chi connectivity index (χ2v) is 7.82. The first-order valence-corrected chi connectivity index (χ1v) is 11.3. The molecule has 0 fully saturated rings. The third-order valence-corrected chi connectivity index (χ3v) is 5.29. The summed E-state index contributed by atoms with van der Waals surface area (Å²) >= 11 is 0. The molecule has 1 aliphatic rings. The van der Waals surface area contributed by atoms with Crippen LogP contribution < -0.4 is 20.3 Å². The highest BCUT2D eigenvalue weighted by atomic mass is 16.5. The van der Waals surface area contributed by atoms with E-state index in [-0.39, 0.29) is 11.8 Å². The summed E-state index contributed by atoms with van der Waals surface area (Å²) in [5, 5.41) is 5.79. The molecule has 3 aromatic rings. The van der Waals surface area contributed by atoms with Crippen LogP contribution in [0.2, 0.25) is 0 Å². The fraction of sp³-hybridized carbons (Fsp3) is 0.214. The molecule has 0 saturated heterocycles. The Labute approximate surface area is 201 Å². The molecule has 0 unspecified atom stereocenters. The normalized spacial score (nSPS) is 12.3. The first-order valence-electron chi connectivity index (χ1n) is 11.3. The van der Waals surface area contributed by atoms with Gasteiger partial charge in [0.1, 0.15) is 5.75 Å². The third-order valence-electron chi connectivity index (χ3n) is 5.29. The molecule has 0 aliphatic carbocycles. The van der Waals surface area contributed by atoms with E-state index >= 15 is 0 Å². The number of allylic oxidation sites excluding steroid dienone is 1. The number of para-hydroxylation sites is 1. The topological polar surface area (TPSA) is 70.7 Å². The van der Waals surface area contributed by atoms with Crippen molar-refractivity contribution in [1.29, 1.82) is 0 Å². The van der Waals surface area contributed by atoms with Gasteiger partial charge in [-0.1, -0.05) is 30.3 Å². The van der Waals surface area contributed by atoms with Gasteiger partial charge >= 0.3 is 0 Å². The number of hydrogen-bond acceptors (Lipinski definition) is 4. The maximum absolute atomic E-state index is 12.6. The van der Waals surface area contributed by atoms with Crippen molar-refractivity contribution in [2.24, 2.45) is 0 Å². The molecule has 0 bridgehead atoms. The first kappa shape index (κ1) is 24.6. The minimum atomic E-state index is -0.0619. The second-order valence-electron chi connectivity index (χ2n) is 7.82. The summed E-state index contributed by atoms with van der Waals surface area (Å²) in [5.41, 5.74) is 4.74. The number of carbonyl (C=O) groups excluding carboxylic acids is 2. The van der Waals surface area contributed by atoms with Crippen molar-refractivity contribution in [3.8, 4) is 5.75 Å². The molecule has 0 saturated carbocycles. The van der Waals surface area contributed by atoms with Gasteiger partial charge in [-0.3, -0.25) is 9.59 Å². The Morgan fingerprint density at radius 2 is 1.71 bits per heavy atom. The van der Waals surface area contributed by atoms with Gasteiger partial charge in [0.2, 0.25) is 5.91 Å². The molecule has 2 N–H and O–H groups in total. The Hall–Kier alpha value is -4.06. The second kappa shape index (κ2) is 12.3. The third kappa shape index (κ3) is 6.72. The average molecular weight is 458 g/mol. The zero-order chi connectivity index (χ0) is 24.3. The predicted molar refractivity (Wildman–Crippen MR) is 139 cm³/mol. The number of nitrogens with zero attached hydrogens (tertiary/aromatic N) is 1. The molecule has 0 aromatic heterocycles. The number of amides is 2. The Bertz CT molecular complexity index is 1140. The molecule has 4 rings (SSSR count). The fourth-order valence-corrected chi connectivity index (χ4v) is 3.70. The highest BCUT2D eigenvalue weighted by molar-refractivity contribution is 6.06. The van der Waals surface area contributed by atoms with Crippen molar-refractivity contribution in [2.45, 2.75) is 26.7 Å². The molecule has 1 heterocycles. The number of rotatable bonds is 5. The van der Waals surface area contributed by atoms with Crippen LogP contribution in [0.1, 0.15) is 36.2 Å². The van der Waals surface area contributed by atoms with Crippen LogP contribution in [0.3, 0.4) is 0 Å². The number of nitrogens with one attached hydrogen (secondary N) is 2. The summed E-state index contributed by atoms with van der Waals surface area (Å²) in [7, 11) is 1.62. The summed E-state index contributed by atoms with van der Waals surface area (Å²) in [6.45, 7) is 4.21. The van der Waals surface area contributed by atoms with Gasteiger partial charge in [-0.2, -0.15) is 0 Å².